The highest BCUT2D eigenvalue weighted by Crippen LogP contribution is 2.46. The molecule has 3 nitrogen and oxygen atoms in total. The van der Waals surface area contributed by atoms with Gasteiger partial charge < -0.3 is 0 Å². The molecule has 0 heterocycles. The van der Waals surface area contributed by atoms with E-state index in [2.05, 4.69) is 0 Å². The highest BCUT2D eigenvalue weighted by molar-refractivity contribution is 8.17. The van der Waals surface area contributed by atoms with Crippen LogP contribution in [0, 0.1) is 13.8 Å². The third kappa shape index (κ3) is 4.48. The van der Waals surface area contributed by atoms with Gasteiger partial charge in [-0.3, -0.25) is 0 Å². The molecule has 2 aromatic rings. The predicted molar refractivity (Wildman–Crippen MR) is 99.9 cm³/mol. The number of hydrogen-bond acceptors (Lipinski definition) is 3. The normalized spacial score (nSPS) is 12.2. The fraction of sp³-hybridized carbons (Fsp3) is 0.200. The molecule has 0 saturated carbocycles. The minimum absolute atomic E-state index is 0.127. The molecule has 2 aromatic carbocycles. The second kappa shape index (κ2) is 7.11. The number of alkyl halides is 3. The molecule has 0 saturated heterocycles. The van der Waals surface area contributed by atoms with Crippen molar-refractivity contribution in [1.82, 2.24) is 0 Å². The number of rotatable bonds is 4. The molecule has 0 atom stereocenters. The number of benzene rings is 2. The van der Waals surface area contributed by atoms with Gasteiger partial charge in [-0.2, -0.15) is 0 Å². The van der Waals surface area contributed by atoms with Crippen molar-refractivity contribution in [3.63, 3.8) is 0 Å². The SMILES string of the molecule is Cc1cccc(N(SC(Cl)(Cl)Cl)S(=O)(=O)c2ccccc2)c1C. The van der Waals surface area contributed by atoms with E-state index in [0.717, 1.165) is 14.8 Å². The van der Waals surface area contributed by atoms with Crippen molar-refractivity contribution in [1.29, 1.82) is 0 Å². The molecule has 0 aliphatic rings. The maximum atomic E-state index is 13.0. The average Bonchev–Trinajstić information content (AvgIpc) is 2.48. The molecule has 0 aliphatic carbocycles. The van der Waals surface area contributed by atoms with Gasteiger partial charge in [0, 0.05) is 11.9 Å². The van der Waals surface area contributed by atoms with Crippen LogP contribution < -0.4 is 3.71 Å². The molecule has 0 bridgehead atoms. The maximum absolute atomic E-state index is 13.0. The van der Waals surface area contributed by atoms with E-state index in [1.807, 2.05) is 19.9 Å². The van der Waals surface area contributed by atoms with Crippen molar-refractivity contribution in [3.05, 3.63) is 59.7 Å². The van der Waals surface area contributed by atoms with Gasteiger partial charge in [0.05, 0.1) is 10.6 Å². The first-order valence-corrected chi connectivity index (χ1v) is 9.90. The van der Waals surface area contributed by atoms with Crippen LogP contribution in [0.2, 0.25) is 0 Å². The Labute approximate surface area is 155 Å². The molecule has 0 unspecified atom stereocenters. The number of halogens is 3. The summed E-state index contributed by atoms with van der Waals surface area (Å²) >= 11 is 18.2. The summed E-state index contributed by atoms with van der Waals surface area (Å²) in [4.78, 5) is 0.127. The molecule has 124 valence electrons. The van der Waals surface area contributed by atoms with Gasteiger partial charge in [-0.15, -0.1) is 0 Å². The van der Waals surface area contributed by atoms with Crippen molar-refractivity contribution in [2.75, 3.05) is 3.71 Å². The Hall–Kier alpha value is -0.590. The Balaban J connectivity index is 2.62. The predicted octanol–water partition coefficient (Wildman–Crippen LogP) is 5.47. The summed E-state index contributed by atoms with van der Waals surface area (Å²) in [5, 5.41) is 0. The summed E-state index contributed by atoms with van der Waals surface area (Å²) in [7, 11) is -3.88. The standard InChI is InChI=1S/C15H14Cl3NO2S2/c1-11-7-6-10-14(12(11)2)19(22-15(16,17)18)23(20,21)13-8-4-3-5-9-13/h3-10H,1-2H3. The second-order valence-electron chi connectivity index (χ2n) is 4.80. The quantitative estimate of drug-likeness (QED) is 0.495. The summed E-state index contributed by atoms with van der Waals surface area (Å²) in [6.45, 7) is 3.73. The van der Waals surface area contributed by atoms with Crippen LogP contribution in [0.3, 0.4) is 0 Å². The van der Waals surface area contributed by atoms with E-state index in [1.165, 1.54) is 12.1 Å². The van der Waals surface area contributed by atoms with E-state index in [1.54, 1.807) is 30.3 Å². The van der Waals surface area contributed by atoms with E-state index in [0.29, 0.717) is 17.6 Å². The zero-order valence-corrected chi connectivity index (χ0v) is 16.2. The lowest BCUT2D eigenvalue weighted by atomic mass is 10.1. The van der Waals surface area contributed by atoms with E-state index in [9.17, 15) is 8.42 Å². The Morgan fingerprint density at radius 1 is 0.957 bits per heavy atom. The Morgan fingerprint density at radius 3 is 2.13 bits per heavy atom. The maximum Gasteiger partial charge on any atom is 0.273 e. The lowest BCUT2D eigenvalue weighted by Gasteiger charge is -2.27. The third-order valence-corrected chi connectivity index (χ3v) is 6.72. The summed E-state index contributed by atoms with van der Waals surface area (Å²) in [5.41, 5.74) is 2.21. The van der Waals surface area contributed by atoms with Crippen LogP contribution in [0.5, 0.6) is 0 Å². The van der Waals surface area contributed by atoms with E-state index < -0.39 is 13.1 Å². The summed E-state index contributed by atoms with van der Waals surface area (Å²) < 4.78 is 25.3. The van der Waals surface area contributed by atoms with Crippen LogP contribution in [-0.2, 0) is 10.0 Å². The largest absolute Gasteiger partial charge is 0.273 e. The number of aryl methyl sites for hydroxylation is 1. The number of anilines is 1. The molecule has 23 heavy (non-hydrogen) atoms. The molecule has 0 spiro atoms. The molecule has 2 rings (SSSR count). The molecule has 0 N–H and O–H groups in total. The monoisotopic (exact) mass is 409 g/mol. The van der Waals surface area contributed by atoms with Gasteiger partial charge in [0.25, 0.3) is 13.1 Å². The van der Waals surface area contributed by atoms with Gasteiger partial charge in [-0.05, 0) is 43.2 Å². The Morgan fingerprint density at radius 2 is 1.57 bits per heavy atom. The first kappa shape index (κ1) is 18.7. The van der Waals surface area contributed by atoms with Crippen molar-refractivity contribution < 1.29 is 8.42 Å². The molecular weight excluding hydrogens is 397 g/mol. The van der Waals surface area contributed by atoms with Crippen LogP contribution >= 0.6 is 46.8 Å². The molecule has 0 radical (unpaired) electrons. The first-order valence-electron chi connectivity index (χ1n) is 6.55. The second-order valence-corrected chi connectivity index (χ2v) is 10.9. The molecule has 0 aromatic heterocycles. The van der Waals surface area contributed by atoms with Crippen molar-refractivity contribution >= 4 is 62.5 Å². The zero-order valence-electron chi connectivity index (χ0n) is 12.3. The topological polar surface area (TPSA) is 37.4 Å². The lowest BCUT2D eigenvalue weighted by Crippen LogP contribution is -2.28. The minimum Gasteiger partial charge on any atom is -0.203 e. The van der Waals surface area contributed by atoms with Crippen LogP contribution in [0.25, 0.3) is 0 Å². The Bertz CT molecular complexity index is 790. The van der Waals surface area contributed by atoms with E-state index >= 15 is 0 Å². The highest BCUT2D eigenvalue weighted by Gasteiger charge is 2.35. The summed E-state index contributed by atoms with van der Waals surface area (Å²) in [6, 6.07) is 13.4. The van der Waals surface area contributed by atoms with Gasteiger partial charge in [0.2, 0.25) is 0 Å². The fourth-order valence-electron chi connectivity index (χ4n) is 1.94. The smallest absolute Gasteiger partial charge is 0.203 e. The van der Waals surface area contributed by atoms with E-state index in [4.69, 9.17) is 34.8 Å². The third-order valence-electron chi connectivity index (χ3n) is 3.22. The molecule has 0 fully saturated rings. The van der Waals surface area contributed by atoms with Gasteiger partial charge in [-0.25, -0.2) is 12.1 Å². The van der Waals surface area contributed by atoms with Gasteiger partial charge in [-0.1, -0.05) is 65.1 Å². The number of sulfonamides is 1. The summed E-state index contributed by atoms with van der Waals surface area (Å²) in [5.74, 6) is 0. The Kier molecular flexibility index (Phi) is 5.80. The lowest BCUT2D eigenvalue weighted by molar-refractivity contribution is 0.598. The molecule has 0 aliphatic heterocycles. The number of hydrogen-bond donors (Lipinski definition) is 0. The highest BCUT2D eigenvalue weighted by atomic mass is 35.6. The number of nitrogens with zero attached hydrogens (tertiary/aromatic N) is 1. The minimum atomic E-state index is -3.88. The molecule has 8 heteroatoms. The summed E-state index contributed by atoms with van der Waals surface area (Å²) in [6.07, 6.45) is 0. The van der Waals surface area contributed by atoms with Crippen molar-refractivity contribution in [2.24, 2.45) is 0 Å². The zero-order chi connectivity index (χ0) is 17.3. The molecular formula is C15H14Cl3NO2S2. The van der Waals surface area contributed by atoms with Gasteiger partial charge in [0.1, 0.15) is 0 Å². The molecule has 0 amide bonds. The van der Waals surface area contributed by atoms with Crippen LogP contribution in [0.1, 0.15) is 11.1 Å². The van der Waals surface area contributed by atoms with Crippen LogP contribution in [-0.4, -0.2) is 11.5 Å². The first-order chi connectivity index (χ1) is 10.6. The van der Waals surface area contributed by atoms with E-state index in [-0.39, 0.29) is 4.90 Å². The van der Waals surface area contributed by atoms with Crippen LogP contribution in [0.15, 0.2) is 53.4 Å². The average molecular weight is 411 g/mol. The van der Waals surface area contributed by atoms with Crippen molar-refractivity contribution in [2.45, 2.75) is 21.9 Å². The van der Waals surface area contributed by atoms with Crippen molar-refractivity contribution in [3.8, 4) is 0 Å². The fourth-order valence-corrected chi connectivity index (χ4v) is 5.55. The van der Waals surface area contributed by atoms with Crippen LogP contribution in [0.4, 0.5) is 5.69 Å². The van der Waals surface area contributed by atoms with Gasteiger partial charge >= 0.3 is 0 Å². The van der Waals surface area contributed by atoms with Gasteiger partial charge in [0.15, 0.2) is 0 Å².